The zero-order valence-corrected chi connectivity index (χ0v) is 9.49. The molecule has 1 aromatic carbocycles. The van der Waals surface area contributed by atoms with Crippen molar-refractivity contribution in [2.45, 2.75) is 20.0 Å². The fourth-order valence-corrected chi connectivity index (χ4v) is 1.62. The lowest BCUT2D eigenvalue weighted by atomic mass is 10.2. The fraction of sp³-hybridized carbons (Fsp3) is 0.500. The second-order valence-corrected chi connectivity index (χ2v) is 3.60. The largest absolute Gasteiger partial charge is 0.396 e. The molecule has 0 aliphatic carbocycles. The van der Waals surface area contributed by atoms with Crippen molar-refractivity contribution in [1.29, 1.82) is 0 Å². The first-order chi connectivity index (χ1) is 7.72. The number of aliphatic hydroxyl groups is 2. The van der Waals surface area contributed by atoms with Gasteiger partial charge in [0, 0.05) is 19.7 Å². The molecule has 0 aliphatic rings. The minimum absolute atomic E-state index is 0.104. The van der Waals surface area contributed by atoms with Crippen LogP contribution in [0.25, 0.3) is 0 Å². The number of hydrogen-bond donors (Lipinski definition) is 2. The highest BCUT2D eigenvalue weighted by Gasteiger charge is 2.09. The molecule has 2 N–H and O–H groups in total. The fourth-order valence-electron chi connectivity index (χ4n) is 1.62. The zero-order chi connectivity index (χ0) is 12.0. The van der Waals surface area contributed by atoms with Gasteiger partial charge in [-0.15, -0.1) is 0 Å². The molecule has 4 heteroatoms. The van der Waals surface area contributed by atoms with Gasteiger partial charge < -0.3 is 15.1 Å². The van der Waals surface area contributed by atoms with Gasteiger partial charge in [-0.3, -0.25) is 0 Å². The lowest BCUT2D eigenvalue weighted by Gasteiger charge is -2.23. The Labute approximate surface area is 95.1 Å². The molecular formula is C12H18FNO2. The summed E-state index contributed by atoms with van der Waals surface area (Å²) in [5.74, 6) is -0.327. The quantitative estimate of drug-likeness (QED) is 0.774. The van der Waals surface area contributed by atoms with Crippen molar-refractivity contribution in [3.05, 3.63) is 29.6 Å². The van der Waals surface area contributed by atoms with E-state index in [2.05, 4.69) is 0 Å². The van der Waals surface area contributed by atoms with Crippen LogP contribution < -0.4 is 4.90 Å². The second-order valence-electron chi connectivity index (χ2n) is 3.60. The van der Waals surface area contributed by atoms with E-state index in [9.17, 15) is 4.39 Å². The van der Waals surface area contributed by atoms with Crippen LogP contribution >= 0.6 is 0 Å². The molecular weight excluding hydrogens is 209 g/mol. The Balaban J connectivity index is 2.83. The predicted octanol–water partition coefficient (Wildman–Crippen LogP) is 1.53. The molecule has 0 saturated carbocycles. The van der Waals surface area contributed by atoms with Crippen molar-refractivity contribution in [3.8, 4) is 0 Å². The maximum Gasteiger partial charge on any atom is 0.146 e. The summed E-state index contributed by atoms with van der Waals surface area (Å²) in [6, 6.07) is 4.72. The number of halogens is 1. The van der Waals surface area contributed by atoms with E-state index >= 15 is 0 Å². The lowest BCUT2D eigenvalue weighted by molar-refractivity contribution is 0.281. The van der Waals surface area contributed by atoms with Crippen molar-refractivity contribution in [2.75, 3.05) is 24.6 Å². The first-order valence-corrected chi connectivity index (χ1v) is 5.48. The Bertz CT molecular complexity index is 331. The summed E-state index contributed by atoms with van der Waals surface area (Å²) >= 11 is 0. The highest BCUT2D eigenvalue weighted by Crippen LogP contribution is 2.20. The van der Waals surface area contributed by atoms with Crippen molar-refractivity contribution in [2.24, 2.45) is 0 Å². The van der Waals surface area contributed by atoms with Gasteiger partial charge in [0.1, 0.15) is 5.82 Å². The van der Waals surface area contributed by atoms with Crippen molar-refractivity contribution in [1.82, 2.24) is 0 Å². The number of hydrogen-bond acceptors (Lipinski definition) is 3. The summed E-state index contributed by atoms with van der Waals surface area (Å²) in [5, 5.41) is 17.6. The van der Waals surface area contributed by atoms with Gasteiger partial charge in [0.2, 0.25) is 0 Å². The molecule has 0 aliphatic heterocycles. The zero-order valence-electron chi connectivity index (χ0n) is 9.49. The van der Waals surface area contributed by atoms with Crippen molar-refractivity contribution in [3.63, 3.8) is 0 Å². The van der Waals surface area contributed by atoms with Crippen LogP contribution in [0.4, 0.5) is 10.1 Å². The average molecular weight is 227 g/mol. The van der Waals surface area contributed by atoms with Crippen LogP contribution in [-0.4, -0.2) is 29.9 Å². The lowest BCUT2D eigenvalue weighted by Crippen LogP contribution is -2.25. The highest BCUT2D eigenvalue weighted by molar-refractivity contribution is 5.49. The molecule has 0 spiro atoms. The Morgan fingerprint density at radius 1 is 1.31 bits per heavy atom. The van der Waals surface area contributed by atoms with E-state index < -0.39 is 0 Å². The van der Waals surface area contributed by atoms with E-state index in [1.807, 2.05) is 11.8 Å². The molecule has 0 saturated heterocycles. The average Bonchev–Trinajstić information content (AvgIpc) is 2.31. The van der Waals surface area contributed by atoms with E-state index in [0.29, 0.717) is 30.8 Å². The van der Waals surface area contributed by atoms with E-state index in [4.69, 9.17) is 10.2 Å². The van der Waals surface area contributed by atoms with E-state index in [1.54, 1.807) is 12.1 Å². The van der Waals surface area contributed by atoms with Gasteiger partial charge in [-0.2, -0.15) is 0 Å². The van der Waals surface area contributed by atoms with Gasteiger partial charge >= 0.3 is 0 Å². The monoisotopic (exact) mass is 227 g/mol. The van der Waals surface area contributed by atoms with Gasteiger partial charge in [-0.05, 0) is 31.0 Å². The Hall–Kier alpha value is -1.13. The Morgan fingerprint density at radius 2 is 2.06 bits per heavy atom. The molecule has 1 aromatic rings. The van der Waals surface area contributed by atoms with Gasteiger partial charge in [0.05, 0.1) is 12.3 Å². The maximum absolute atomic E-state index is 13.7. The van der Waals surface area contributed by atoms with E-state index in [0.717, 1.165) is 0 Å². The molecule has 16 heavy (non-hydrogen) atoms. The van der Waals surface area contributed by atoms with Gasteiger partial charge in [0.15, 0.2) is 0 Å². The Morgan fingerprint density at radius 3 is 2.56 bits per heavy atom. The number of nitrogens with zero attached hydrogens (tertiary/aromatic N) is 1. The summed E-state index contributed by atoms with van der Waals surface area (Å²) in [4.78, 5) is 1.87. The number of anilines is 1. The third-order valence-electron chi connectivity index (χ3n) is 2.50. The molecule has 0 atom stereocenters. The molecule has 0 amide bonds. The van der Waals surface area contributed by atoms with Crippen LogP contribution in [0.2, 0.25) is 0 Å². The maximum atomic E-state index is 13.7. The minimum atomic E-state index is -0.327. The van der Waals surface area contributed by atoms with Crippen LogP contribution in [0.3, 0.4) is 0 Å². The van der Waals surface area contributed by atoms with Crippen LogP contribution in [0.15, 0.2) is 18.2 Å². The summed E-state index contributed by atoms with van der Waals surface area (Å²) < 4.78 is 13.7. The molecule has 0 fully saturated rings. The van der Waals surface area contributed by atoms with Crippen LogP contribution in [-0.2, 0) is 6.61 Å². The molecule has 0 aromatic heterocycles. The smallest absolute Gasteiger partial charge is 0.146 e. The van der Waals surface area contributed by atoms with E-state index in [-0.39, 0.29) is 19.0 Å². The summed E-state index contributed by atoms with van der Waals surface area (Å²) in [6.07, 6.45) is 0.620. The highest BCUT2D eigenvalue weighted by atomic mass is 19.1. The number of rotatable bonds is 6. The van der Waals surface area contributed by atoms with Gasteiger partial charge in [-0.25, -0.2) is 4.39 Å². The molecule has 0 heterocycles. The van der Waals surface area contributed by atoms with Crippen LogP contribution in [0.5, 0.6) is 0 Å². The summed E-state index contributed by atoms with van der Waals surface area (Å²) in [7, 11) is 0. The third-order valence-corrected chi connectivity index (χ3v) is 2.50. The van der Waals surface area contributed by atoms with Crippen molar-refractivity contribution < 1.29 is 14.6 Å². The topological polar surface area (TPSA) is 43.7 Å². The van der Waals surface area contributed by atoms with Crippen molar-refractivity contribution >= 4 is 5.69 Å². The molecule has 90 valence electrons. The first-order valence-electron chi connectivity index (χ1n) is 5.48. The SMILES string of the molecule is CCN(CCCO)c1ccc(CO)cc1F. The summed E-state index contributed by atoms with van der Waals surface area (Å²) in [6.45, 7) is 3.21. The molecule has 0 bridgehead atoms. The van der Waals surface area contributed by atoms with Gasteiger partial charge in [0.25, 0.3) is 0 Å². The third kappa shape index (κ3) is 3.18. The number of aliphatic hydroxyl groups excluding tert-OH is 2. The molecule has 3 nitrogen and oxygen atoms in total. The van der Waals surface area contributed by atoms with Crippen LogP contribution in [0.1, 0.15) is 18.9 Å². The van der Waals surface area contributed by atoms with Gasteiger partial charge in [-0.1, -0.05) is 6.07 Å². The normalized spacial score (nSPS) is 10.5. The van der Waals surface area contributed by atoms with E-state index in [1.165, 1.54) is 6.07 Å². The van der Waals surface area contributed by atoms with Crippen LogP contribution in [0, 0.1) is 5.82 Å². The number of benzene rings is 1. The molecule has 1 rings (SSSR count). The minimum Gasteiger partial charge on any atom is -0.396 e. The predicted molar refractivity (Wildman–Crippen MR) is 61.9 cm³/mol. The molecule has 0 unspecified atom stereocenters. The molecule has 0 radical (unpaired) electrons. The summed E-state index contributed by atoms with van der Waals surface area (Å²) in [5.41, 5.74) is 1.09. The first kappa shape index (κ1) is 12.9. The second kappa shape index (κ2) is 6.45. The Kier molecular flexibility index (Phi) is 5.22. The standard InChI is InChI=1S/C12H18FNO2/c1-2-14(6-3-7-15)12-5-4-10(9-16)8-11(12)13/h4-5,8,15-16H,2-3,6-7,9H2,1H3.